The summed E-state index contributed by atoms with van der Waals surface area (Å²) in [4.78, 5) is 14.4. The summed E-state index contributed by atoms with van der Waals surface area (Å²) in [5, 5.41) is 0. The zero-order valence-corrected chi connectivity index (χ0v) is 13.9. The molecule has 2 rings (SSSR count). The second kappa shape index (κ2) is 7.36. The Labute approximate surface area is 133 Å². The summed E-state index contributed by atoms with van der Waals surface area (Å²) >= 11 is 3.35. The first-order chi connectivity index (χ1) is 10.1. The molecule has 0 aromatic heterocycles. The number of hydrogen-bond donors (Lipinski definition) is 1. The molecule has 1 aliphatic carbocycles. The van der Waals surface area contributed by atoms with Gasteiger partial charge in [0.25, 0.3) is 0 Å². The first-order valence-electron chi connectivity index (χ1n) is 7.49. The van der Waals surface area contributed by atoms with E-state index in [1.807, 2.05) is 6.92 Å². The number of carbonyl (C=O) groups is 1. The highest BCUT2D eigenvalue weighted by atomic mass is 79.9. The van der Waals surface area contributed by atoms with E-state index in [9.17, 15) is 9.18 Å². The van der Waals surface area contributed by atoms with Crippen LogP contribution in [-0.4, -0.2) is 23.9 Å². The van der Waals surface area contributed by atoms with Gasteiger partial charge in [-0.05, 0) is 50.4 Å². The minimum Gasteiger partial charge on any atom is -0.338 e. The Morgan fingerprint density at radius 1 is 1.48 bits per heavy atom. The highest BCUT2D eigenvalue weighted by Gasteiger charge is 2.34. The number of hydrogen-bond acceptors (Lipinski definition) is 2. The largest absolute Gasteiger partial charge is 0.338 e. The van der Waals surface area contributed by atoms with Crippen molar-refractivity contribution in [1.29, 1.82) is 0 Å². The molecule has 3 nitrogen and oxygen atoms in total. The molecule has 1 aromatic rings. The third-order valence-electron chi connectivity index (χ3n) is 4.34. The summed E-state index contributed by atoms with van der Waals surface area (Å²) in [5.74, 6) is 0.125. The van der Waals surface area contributed by atoms with E-state index in [0.29, 0.717) is 25.2 Å². The van der Waals surface area contributed by atoms with Gasteiger partial charge in [-0.25, -0.2) is 4.39 Å². The number of benzene rings is 1. The molecule has 2 N–H and O–H groups in total. The lowest BCUT2D eigenvalue weighted by Crippen LogP contribution is -2.38. The average molecular weight is 357 g/mol. The van der Waals surface area contributed by atoms with Crippen LogP contribution in [0.5, 0.6) is 0 Å². The minimum atomic E-state index is -0.272. The maximum atomic E-state index is 13.9. The molecule has 1 fully saturated rings. The van der Waals surface area contributed by atoms with Gasteiger partial charge in [-0.2, -0.15) is 0 Å². The Kier molecular flexibility index (Phi) is 5.76. The molecular formula is C16H22BrFN2O. The molecule has 1 amide bonds. The molecular weight excluding hydrogens is 335 g/mol. The van der Waals surface area contributed by atoms with Crippen LogP contribution >= 0.6 is 15.9 Å². The third-order valence-corrected chi connectivity index (χ3v) is 4.83. The third kappa shape index (κ3) is 3.83. The van der Waals surface area contributed by atoms with E-state index >= 15 is 0 Å². The smallest absolute Gasteiger partial charge is 0.226 e. The molecule has 5 heteroatoms. The lowest BCUT2D eigenvalue weighted by atomic mass is 9.94. The minimum absolute atomic E-state index is 0.00478. The van der Waals surface area contributed by atoms with E-state index in [1.165, 1.54) is 6.07 Å². The van der Waals surface area contributed by atoms with E-state index < -0.39 is 0 Å². The maximum Gasteiger partial charge on any atom is 0.226 e. The second-order valence-electron chi connectivity index (χ2n) is 5.62. The predicted octanol–water partition coefficient (Wildman–Crippen LogP) is 3.31. The number of rotatable bonds is 5. The van der Waals surface area contributed by atoms with E-state index in [4.69, 9.17) is 5.73 Å². The van der Waals surface area contributed by atoms with Gasteiger partial charge in [0, 0.05) is 29.0 Å². The Bertz CT molecular complexity index is 509. The molecule has 0 spiro atoms. The molecule has 2 atom stereocenters. The predicted molar refractivity (Wildman–Crippen MR) is 85.1 cm³/mol. The highest BCUT2D eigenvalue weighted by Crippen LogP contribution is 2.32. The molecule has 1 aromatic carbocycles. The fourth-order valence-corrected chi connectivity index (χ4v) is 3.50. The van der Waals surface area contributed by atoms with Crippen molar-refractivity contribution in [3.8, 4) is 0 Å². The van der Waals surface area contributed by atoms with Crippen LogP contribution in [0, 0.1) is 17.7 Å². The van der Waals surface area contributed by atoms with Gasteiger partial charge in [0.15, 0.2) is 0 Å². The van der Waals surface area contributed by atoms with Crippen LogP contribution in [-0.2, 0) is 11.3 Å². The SMILES string of the molecule is CCN(Cc1cc(Br)ccc1F)C(=O)[C@@H]1CCC[C@@H]1CN. The molecule has 0 aliphatic heterocycles. The second-order valence-corrected chi connectivity index (χ2v) is 6.54. The number of amides is 1. The van der Waals surface area contributed by atoms with Gasteiger partial charge in [-0.1, -0.05) is 22.4 Å². The highest BCUT2D eigenvalue weighted by molar-refractivity contribution is 9.10. The van der Waals surface area contributed by atoms with Crippen molar-refractivity contribution in [3.05, 3.63) is 34.1 Å². The number of nitrogens with zero attached hydrogens (tertiary/aromatic N) is 1. The summed E-state index contributed by atoms with van der Waals surface area (Å²) in [6.07, 6.45) is 2.98. The molecule has 0 saturated heterocycles. The van der Waals surface area contributed by atoms with Crippen molar-refractivity contribution >= 4 is 21.8 Å². The van der Waals surface area contributed by atoms with Crippen LogP contribution in [0.4, 0.5) is 4.39 Å². The molecule has 0 radical (unpaired) electrons. The fourth-order valence-electron chi connectivity index (χ4n) is 3.09. The Hall–Kier alpha value is -0.940. The molecule has 0 bridgehead atoms. The molecule has 21 heavy (non-hydrogen) atoms. The first kappa shape index (κ1) is 16.4. The van der Waals surface area contributed by atoms with Gasteiger partial charge in [-0.3, -0.25) is 4.79 Å². The molecule has 0 unspecified atom stereocenters. The van der Waals surface area contributed by atoms with Crippen LogP contribution in [0.15, 0.2) is 22.7 Å². The number of nitrogens with two attached hydrogens (primary N) is 1. The number of halogens is 2. The summed E-state index contributed by atoms with van der Waals surface area (Å²) in [6, 6.07) is 4.83. The van der Waals surface area contributed by atoms with Gasteiger partial charge < -0.3 is 10.6 Å². The molecule has 1 saturated carbocycles. The van der Waals surface area contributed by atoms with Crippen LogP contribution in [0.2, 0.25) is 0 Å². The van der Waals surface area contributed by atoms with Crippen LogP contribution < -0.4 is 5.73 Å². The van der Waals surface area contributed by atoms with Gasteiger partial charge >= 0.3 is 0 Å². The Morgan fingerprint density at radius 3 is 2.90 bits per heavy atom. The van der Waals surface area contributed by atoms with Crippen LogP contribution in [0.3, 0.4) is 0 Å². The Morgan fingerprint density at radius 2 is 2.24 bits per heavy atom. The fraction of sp³-hybridized carbons (Fsp3) is 0.562. The summed E-state index contributed by atoms with van der Waals surface area (Å²) in [7, 11) is 0. The van der Waals surface area contributed by atoms with E-state index in [-0.39, 0.29) is 23.6 Å². The van der Waals surface area contributed by atoms with Gasteiger partial charge in [0.1, 0.15) is 5.82 Å². The molecule has 0 heterocycles. The van der Waals surface area contributed by atoms with Crippen molar-refractivity contribution in [2.45, 2.75) is 32.7 Å². The van der Waals surface area contributed by atoms with Gasteiger partial charge in [0.2, 0.25) is 5.91 Å². The average Bonchev–Trinajstić information content (AvgIpc) is 2.95. The van der Waals surface area contributed by atoms with Crippen LogP contribution in [0.25, 0.3) is 0 Å². The van der Waals surface area contributed by atoms with Crippen molar-refractivity contribution in [3.63, 3.8) is 0 Å². The summed E-state index contributed by atoms with van der Waals surface area (Å²) in [5.41, 5.74) is 6.31. The van der Waals surface area contributed by atoms with Crippen molar-refractivity contribution in [1.82, 2.24) is 4.90 Å². The summed E-state index contributed by atoms with van der Waals surface area (Å²) < 4.78 is 14.7. The van der Waals surface area contributed by atoms with Crippen molar-refractivity contribution in [2.75, 3.05) is 13.1 Å². The standard InChI is InChI=1S/C16H22BrFN2O/c1-2-20(10-12-8-13(17)6-7-15(12)18)16(21)14-5-3-4-11(14)9-19/h6-8,11,14H,2-5,9-10,19H2,1H3/t11-,14-/m1/s1. The van der Waals surface area contributed by atoms with Crippen LogP contribution in [0.1, 0.15) is 31.7 Å². The van der Waals surface area contributed by atoms with Gasteiger partial charge in [-0.15, -0.1) is 0 Å². The van der Waals surface area contributed by atoms with Crippen molar-refractivity contribution in [2.24, 2.45) is 17.6 Å². The van der Waals surface area contributed by atoms with E-state index in [1.54, 1.807) is 17.0 Å². The van der Waals surface area contributed by atoms with E-state index in [0.717, 1.165) is 23.7 Å². The molecule has 1 aliphatic rings. The summed E-state index contributed by atoms with van der Waals surface area (Å²) in [6.45, 7) is 3.38. The monoisotopic (exact) mass is 356 g/mol. The normalized spacial score (nSPS) is 21.5. The Balaban J connectivity index is 2.12. The van der Waals surface area contributed by atoms with E-state index in [2.05, 4.69) is 15.9 Å². The zero-order chi connectivity index (χ0) is 15.4. The molecule has 116 valence electrons. The maximum absolute atomic E-state index is 13.9. The topological polar surface area (TPSA) is 46.3 Å². The van der Waals surface area contributed by atoms with Gasteiger partial charge in [0.05, 0.1) is 0 Å². The number of carbonyl (C=O) groups excluding carboxylic acids is 1. The lowest BCUT2D eigenvalue weighted by Gasteiger charge is -2.27. The lowest BCUT2D eigenvalue weighted by molar-refractivity contribution is -0.137. The van der Waals surface area contributed by atoms with Crippen molar-refractivity contribution < 1.29 is 9.18 Å². The zero-order valence-electron chi connectivity index (χ0n) is 12.3. The quantitative estimate of drug-likeness (QED) is 0.879. The first-order valence-corrected chi connectivity index (χ1v) is 8.28.